The zero-order valence-electron chi connectivity index (χ0n) is 12.0. The van der Waals surface area contributed by atoms with E-state index < -0.39 is 36.0 Å². The molecule has 1 heterocycles. The average Bonchev–Trinajstić information content (AvgIpc) is 2.85. The molecule has 0 saturated carbocycles. The number of carbonyl (C=O) groups excluding carboxylic acids is 1. The van der Waals surface area contributed by atoms with Crippen molar-refractivity contribution in [2.45, 2.75) is 43.8 Å². The molecule has 122 valence electrons. The van der Waals surface area contributed by atoms with Gasteiger partial charge in [0, 0.05) is 12.8 Å². The summed E-state index contributed by atoms with van der Waals surface area (Å²) < 4.78 is 48.3. The van der Waals surface area contributed by atoms with Crippen molar-refractivity contribution in [1.29, 1.82) is 0 Å². The monoisotopic (exact) mass is 318 g/mol. The van der Waals surface area contributed by atoms with Crippen molar-refractivity contribution in [1.82, 2.24) is 0 Å². The lowest BCUT2D eigenvalue weighted by Gasteiger charge is -2.15. The second-order valence-corrected chi connectivity index (χ2v) is 5.20. The molecule has 0 unspecified atom stereocenters. The van der Waals surface area contributed by atoms with Gasteiger partial charge in [-0.3, -0.25) is 4.79 Å². The molecule has 1 aliphatic rings. The third kappa shape index (κ3) is 3.98. The molecule has 1 N–H and O–H groups in total. The molecule has 1 saturated heterocycles. The maximum absolute atomic E-state index is 12.7. The largest absolute Gasteiger partial charge is 0.469 e. The first-order valence-corrected chi connectivity index (χ1v) is 6.88. The number of halogens is 3. The van der Waals surface area contributed by atoms with Crippen LogP contribution in [-0.2, 0) is 20.4 Å². The Hall–Kier alpha value is -1.60. The van der Waals surface area contributed by atoms with Crippen LogP contribution >= 0.6 is 0 Å². The van der Waals surface area contributed by atoms with Crippen molar-refractivity contribution in [2.75, 3.05) is 7.11 Å². The summed E-state index contributed by atoms with van der Waals surface area (Å²) in [7, 11) is 1.26. The van der Waals surface area contributed by atoms with E-state index in [0.29, 0.717) is 5.56 Å². The summed E-state index contributed by atoms with van der Waals surface area (Å²) in [6.45, 7) is 0. The first-order chi connectivity index (χ1) is 10.3. The van der Waals surface area contributed by atoms with Crippen molar-refractivity contribution in [3.05, 3.63) is 35.4 Å². The van der Waals surface area contributed by atoms with Crippen molar-refractivity contribution < 1.29 is 32.5 Å². The summed E-state index contributed by atoms with van der Waals surface area (Å²) >= 11 is 0. The summed E-state index contributed by atoms with van der Waals surface area (Å²) in [6.07, 6.45) is -5.87. The Balaban J connectivity index is 2.04. The predicted molar refractivity (Wildman–Crippen MR) is 70.9 cm³/mol. The van der Waals surface area contributed by atoms with E-state index in [9.17, 15) is 23.1 Å². The van der Waals surface area contributed by atoms with Crippen LogP contribution in [0.5, 0.6) is 0 Å². The topological polar surface area (TPSA) is 55.8 Å². The fourth-order valence-electron chi connectivity index (χ4n) is 2.48. The highest BCUT2D eigenvalue weighted by atomic mass is 19.4. The molecule has 1 aliphatic heterocycles. The Bertz CT molecular complexity index is 530. The molecule has 1 fully saturated rings. The van der Waals surface area contributed by atoms with Gasteiger partial charge in [0.2, 0.25) is 0 Å². The molecule has 2 rings (SSSR count). The van der Waals surface area contributed by atoms with Gasteiger partial charge < -0.3 is 14.6 Å². The van der Waals surface area contributed by atoms with E-state index in [1.165, 1.54) is 19.2 Å². The zero-order valence-corrected chi connectivity index (χ0v) is 12.0. The highest BCUT2D eigenvalue weighted by molar-refractivity contribution is 5.69. The lowest BCUT2D eigenvalue weighted by atomic mass is 10.0. The minimum atomic E-state index is -4.42. The molecule has 3 atom stereocenters. The molecular formula is C15H17F3O4. The number of aliphatic hydroxyl groups excluding tert-OH is 1. The number of hydrogen-bond acceptors (Lipinski definition) is 4. The number of aliphatic hydroxyl groups is 1. The first kappa shape index (κ1) is 16.8. The summed E-state index contributed by atoms with van der Waals surface area (Å²) in [5, 5.41) is 9.94. The maximum atomic E-state index is 12.7. The SMILES string of the molecule is COC(=O)CC[C@@H]1O[C@@H](c2cccc(C(F)(F)F)c2)C[C@H]1O. The summed E-state index contributed by atoms with van der Waals surface area (Å²) in [5.74, 6) is -0.418. The van der Waals surface area contributed by atoms with Crippen LogP contribution in [-0.4, -0.2) is 30.4 Å². The van der Waals surface area contributed by atoms with Crippen molar-refractivity contribution in [3.63, 3.8) is 0 Å². The Morgan fingerprint density at radius 2 is 2.18 bits per heavy atom. The van der Waals surface area contributed by atoms with Crippen LogP contribution in [0.2, 0.25) is 0 Å². The first-order valence-electron chi connectivity index (χ1n) is 6.88. The summed E-state index contributed by atoms with van der Waals surface area (Å²) in [6, 6.07) is 4.87. The molecule has 22 heavy (non-hydrogen) atoms. The Morgan fingerprint density at radius 3 is 2.82 bits per heavy atom. The number of benzene rings is 1. The molecule has 1 aromatic carbocycles. The number of rotatable bonds is 4. The third-order valence-electron chi connectivity index (χ3n) is 3.67. The minimum Gasteiger partial charge on any atom is -0.469 e. The molecule has 0 bridgehead atoms. The van der Waals surface area contributed by atoms with Gasteiger partial charge in [-0.05, 0) is 24.1 Å². The summed E-state index contributed by atoms with van der Waals surface area (Å²) in [5.41, 5.74) is -0.379. The van der Waals surface area contributed by atoms with Crippen molar-refractivity contribution in [3.8, 4) is 0 Å². The van der Waals surface area contributed by atoms with E-state index in [-0.39, 0.29) is 19.3 Å². The fraction of sp³-hybridized carbons (Fsp3) is 0.533. The van der Waals surface area contributed by atoms with Crippen LogP contribution in [0, 0.1) is 0 Å². The Kier molecular flexibility index (Phi) is 5.08. The van der Waals surface area contributed by atoms with E-state index in [0.717, 1.165) is 12.1 Å². The van der Waals surface area contributed by atoms with E-state index >= 15 is 0 Å². The van der Waals surface area contributed by atoms with Gasteiger partial charge in [-0.25, -0.2) is 0 Å². The third-order valence-corrected chi connectivity index (χ3v) is 3.67. The second kappa shape index (κ2) is 6.66. The standard InChI is InChI=1S/C15H17F3O4/c1-21-14(20)6-5-12-11(19)8-13(22-12)9-3-2-4-10(7-9)15(16,17)18/h2-4,7,11-13,19H,5-6,8H2,1H3/t11-,12+,13-/m1/s1. The van der Waals surface area contributed by atoms with Crippen molar-refractivity contribution >= 4 is 5.97 Å². The molecule has 0 aromatic heterocycles. The quantitative estimate of drug-likeness (QED) is 0.867. The average molecular weight is 318 g/mol. The second-order valence-electron chi connectivity index (χ2n) is 5.20. The van der Waals surface area contributed by atoms with Gasteiger partial charge in [0.1, 0.15) is 0 Å². The van der Waals surface area contributed by atoms with Crippen LogP contribution in [0.15, 0.2) is 24.3 Å². The van der Waals surface area contributed by atoms with Crippen LogP contribution in [0.1, 0.15) is 36.5 Å². The maximum Gasteiger partial charge on any atom is 0.416 e. The number of ether oxygens (including phenoxy) is 2. The Labute approximate surface area is 125 Å². The van der Waals surface area contributed by atoms with Crippen LogP contribution < -0.4 is 0 Å². The van der Waals surface area contributed by atoms with E-state index in [4.69, 9.17) is 4.74 Å². The van der Waals surface area contributed by atoms with E-state index in [2.05, 4.69) is 4.74 Å². The van der Waals surface area contributed by atoms with Crippen molar-refractivity contribution in [2.24, 2.45) is 0 Å². The lowest BCUT2D eigenvalue weighted by molar-refractivity contribution is -0.142. The number of methoxy groups -OCH3 is 1. The van der Waals surface area contributed by atoms with Gasteiger partial charge in [0.25, 0.3) is 0 Å². The van der Waals surface area contributed by atoms with Gasteiger partial charge in [0.05, 0.1) is 31.0 Å². The molecule has 4 nitrogen and oxygen atoms in total. The van der Waals surface area contributed by atoms with Gasteiger partial charge in [-0.1, -0.05) is 12.1 Å². The zero-order chi connectivity index (χ0) is 16.3. The highest BCUT2D eigenvalue weighted by Gasteiger charge is 2.36. The number of alkyl halides is 3. The molecule has 0 radical (unpaired) electrons. The van der Waals surface area contributed by atoms with Gasteiger partial charge in [-0.2, -0.15) is 13.2 Å². The van der Waals surface area contributed by atoms with E-state index in [1.54, 1.807) is 0 Å². The lowest BCUT2D eigenvalue weighted by Crippen LogP contribution is -2.21. The van der Waals surface area contributed by atoms with Gasteiger partial charge in [0.15, 0.2) is 0 Å². The normalized spacial score (nSPS) is 25.2. The molecular weight excluding hydrogens is 301 g/mol. The van der Waals surface area contributed by atoms with Crippen LogP contribution in [0.4, 0.5) is 13.2 Å². The smallest absolute Gasteiger partial charge is 0.416 e. The van der Waals surface area contributed by atoms with E-state index in [1.807, 2.05) is 0 Å². The molecule has 0 amide bonds. The Morgan fingerprint density at radius 1 is 1.45 bits per heavy atom. The predicted octanol–water partition coefficient (Wildman–Crippen LogP) is 2.85. The van der Waals surface area contributed by atoms with Gasteiger partial charge >= 0.3 is 12.1 Å². The fourth-order valence-corrected chi connectivity index (χ4v) is 2.48. The molecule has 0 spiro atoms. The highest BCUT2D eigenvalue weighted by Crippen LogP contribution is 2.37. The number of hydrogen-bond donors (Lipinski definition) is 1. The van der Waals surface area contributed by atoms with Crippen LogP contribution in [0.3, 0.4) is 0 Å². The summed E-state index contributed by atoms with van der Waals surface area (Å²) in [4.78, 5) is 11.1. The van der Waals surface area contributed by atoms with Gasteiger partial charge in [-0.15, -0.1) is 0 Å². The molecule has 1 aromatic rings. The molecule has 7 heteroatoms. The number of carbonyl (C=O) groups is 1. The van der Waals surface area contributed by atoms with Crippen LogP contribution in [0.25, 0.3) is 0 Å². The minimum absolute atomic E-state index is 0.0908. The number of esters is 1. The molecule has 0 aliphatic carbocycles.